The van der Waals surface area contributed by atoms with E-state index < -0.39 is 0 Å². The topological polar surface area (TPSA) is 38.8 Å². The molecule has 2 aromatic rings. The maximum absolute atomic E-state index is 13.1. The average molecular weight is 325 g/mol. The van der Waals surface area contributed by atoms with Crippen molar-refractivity contribution in [3.63, 3.8) is 0 Å². The van der Waals surface area contributed by atoms with E-state index in [4.69, 9.17) is 9.47 Å². The van der Waals surface area contributed by atoms with Gasteiger partial charge < -0.3 is 14.4 Å². The van der Waals surface area contributed by atoms with Gasteiger partial charge in [0.1, 0.15) is 0 Å². The van der Waals surface area contributed by atoms with Gasteiger partial charge in [-0.3, -0.25) is 4.79 Å². The number of carbonyl (C=O) groups excluding carboxylic acids is 1. The molecule has 1 fully saturated rings. The first-order valence-electron chi connectivity index (χ1n) is 8.24. The summed E-state index contributed by atoms with van der Waals surface area (Å²) in [5.41, 5.74) is 2.97. The van der Waals surface area contributed by atoms with Gasteiger partial charge in [-0.05, 0) is 37.5 Å². The lowest BCUT2D eigenvalue weighted by molar-refractivity contribution is 0.0731. The Labute approximate surface area is 143 Å². The van der Waals surface area contributed by atoms with Crippen LogP contribution in [0.3, 0.4) is 0 Å². The summed E-state index contributed by atoms with van der Waals surface area (Å²) in [4.78, 5) is 15.1. The molecule has 1 heterocycles. The largest absolute Gasteiger partial charge is 0.493 e. The van der Waals surface area contributed by atoms with E-state index in [1.807, 2.05) is 11.0 Å². The van der Waals surface area contributed by atoms with Crippen molar-refractivity contribution in [3.8, 4) is 11.5 Å². The first-order valence-corrected chi connectivity index (χ1v) is 8.24. The van der Waals surface area contributed by atoms with E-state index in [-0.39, 0.29) is 11.9 Å². The molecule has 1 aliphatic heterocycles. The third-order valence-electron chi connectivity index (χ3n) is 4.61. The average Bonchev–Trinajstić information content (AvgIpc) is 3.10. The summed E-state index contributed by atoms with van der Waals surface area (Å²) < 4.78 is 10.8. The molecule has 0 bridgehead atoms. The minimum atomic E-state index is -0.00572. The summed E-state index contributed by atoms with van der Waals surface area (Å²) in [6.45, 7) is 2.83. The molecule has 0 aliphatic carbocycles. The van der Waals surface area contributed by atoms with Crippen LogP contribution in [0.2, 0.25) is 0 Å². The van der Waals surface area contributed by atoms with E-state index >= 15 is 0 Å². The number of ether oxygens (including phenoxy) is 2. The number of carbonyl (C=O) groups is 1. The highest BCUT2D eigenvalue weighted by molar-refractivity contribution is 5.98. The molecule has 126 valence electrons. The monoisotopic (exact) mass is 325 g/mol. The van der Waals surface area contributed by atoms with Crippen molar-refractivity contribution >= 4 is 5.91 Å². The van der Waals surface area contributed by atoms with Gasteiger partial charge >= 0.3 is 0 Å². The van der Waals surface area contributed by atoms with E-state index in [2.05, 4.69) is 31.2 Å². The van der Waals surface area contributed by atoms with Crippen LogP contribution in [-0.4, -0.2) is 31.6 Å². The number of nitrogens with zero attached hydrogens (tertiary/aromatic N) is 1. The minimum Gasteiger partial charge on any atom is -0.493 e. The molecular formula is C20H23NO3. The molecule has 4 nitrogen and oxygen atoms in total. The highest BCUT2D eigenvalue weighted by Crippen LogP contribution is 2.37. The number of likely N-dealkylation sites (tertiary alicyclic amines) is 1. The van der Waals surface area contributed by atoms with Gasteiger partial charge in [-0.15, -0.1) is 0 Å². The fourth-order valence-corrected chi connectivity index (χ4v) is 3.36. The van der Waals surface area contributed by atoms with Crippen LogP contribution in [0.25, 0.3) is 0 Å². The lowest BCUT2D eigenvalue weighted by atomic mass is 10.0. The molecule has 1 amide bonds. The first kappa shape index (κ1) is 16.4. The van der Waals surface area contributed by atoms with Crippen LogP contribution >= 0.6 is 0 Å². The highest BCUT2D eigenvalue weighted by atomic mass is 16.5. The smallest absolute Gasteiger partial charge is 0.258 e. The molecule has 1 aliphatic rings. The molecule has 0 N–H and O–H groups in total. The maximum atomic E-state index is 13.1. The summed E-state index contributed by atoms with van der Waals surface area (Å²) in [5.74, 6) is 1.07. The van der Waals surface area contributed by atoms with E-state index in [0.29, 0.717) is 17.1 Å². The van der Waals surface area contributed by atoms with Crippen molar-refractivity contribution in [2.75, 3.05) is 20.8 Å². The molecule has 0 saturated carbocycles. The van der Waals surface area contributed by atoms with Crippen molar-refractivity contribution in [1.82, 2.24) is 4.90 Å². The van der Waals surface area contributed by atoms with Crippen LogP contribution in [0.1, 0.15) is 40.4 Å². The van der Waals surface area contributed by atoms with Crippen molar-refractivity contribution < 1.29 is 14.3 Å². The van der Waals surface area contributed by atoms with Crippen LogP contribution in [-0.2, 0) is 0 Å². The van der Waals surface area contributed by atoms with Crippen molar-refractivity contribution in [1.29, 1.82) is 0 Å². The molecular weight excluding hydrogens is 302 g/mol. The lowest BCUT2D eigenvalue weighted by Crippen LogP contribution is -2.30. The first-order chi connectivity index (χ1) is 11.7. The Bertz CT molecular complexity index is 724. The van der Waals surface area contributed by atoms with E-state index in [0.717, 1.165) is 19.4 Å². The number of hydrogen-bond acceptors (Lipinski definition) is 3. The lowest BCUT2D eigenvalue weighted by Gasteiger charge is -2.26. The summed E-state index contributed by atoms with van der Waals surface area (Å²) in [6.07, 6.45) is 2.00. The molecule has 1 atom stereocenters. The van der Waals surface area contributed by atoms with Crippen LogP contribution < -0.4 is 9.47 Å². The quantitative estimate of drug-likeness (QED) is 0.853. The van der Waals surface area contributed by atoms with Gasteiger partial charge in [0.05, 0.1) is 25.8 Å². The Balaban J connectivity index is 1.93. The number of amides is 1. The number of para-hydroxylation sites is 1. The van der Waals surface area contributed by atoms with Crippen molar-refractivity contribution in [2.45, 2.75) is 25.8 Å². The molecule has 0 radical (unpaired) electrons. The zero-order valence-electron chi connectivity index (χ0n) is 14.4. The van der Waals surface area contributed by atoms with Crippen molar-refractivity contribution in [3.05, 3.63) is 59.2 Å². The van der Waals surface area contributed by atoms with Gasteiger partial charge in [0.25, 0.3) is 5.91 Å². The standard InChI is InChI=1S/C20H23NO3/c1-14-9-11-15(12-10-14)17-7-5-13-21(17)20(22)16-6-4-8-18(23-2)19(16)24-3/h4,6,8-12,17H,5,7,13H2,1-3H3. The van der Waals surface area contributed by atoms with Crippen LogP contribution in [0, 0.1) is 6.92 Å². The Kier molecular flexibility index (Phi) is 4.74. The molecule has 4 heteroatoms. The predicted octanol–water partition coefficient (Wildman–Crippen LogP) is 3.99. The number of benzene rings is 2. The van der Waals surface area contributed by atoms with E-state index in [1.165, 1.54) is 11.1 Å². The minimum absolute atomic E-state index is 0.00572. The molecule has 0 spiro atoms. The SMILES string of the molecule is COc1cccc(C(=O)N2CCCC2c2ccc(C)cc2)c1OC. The zero-order chi connectivity index (χ0) is 17.1. The zero-order valence-corrected chi connectivity index (χ0v) is 14.4. The van der Waals surface area contributed by atoms with Gasteiger partial charge in [-0.25, -0.2) is 0 Å². The summed E-state index contributed by atoms with van der Waals surface area (Å²) in [7, 11) is 3.15. The van der Waals surface area contributed by atoms with Gasteiger partial charge in [0.2, 0.25) is 0 Å². The van der Waals surface area contributed by atoms with Crippen molar-refractivity contribution in [2.24, 2.45) is 0 Å². The van der Waals surface area contributed by atoms with Crippen LogP contribution in [0.15, 0.2) is 42.5 Å². The Hall–Kier alpha value is -2.49. The molecule has 1 unspecified atom stereocenters. The number of rotatable bonds is 4. The summed E-state index contributed by atoms with van der Waals surface area (Å²) in [6, 6.07) is 14.0. The Morgan fingerprint density at radius 2 is 1.83 bits per heavy atom. The van der Waals surface area contributed by atoms with Gasteiger partial charge in [-0.2, -0.15) is 0 Å². The predicted molar refractivity (Wildman–Crippen MR) is 93.7 cm³/mol. The van der Waals surface area contributed by atoms with Crippen LogP contribution in [0.4, 0.5) is 0 Å². The number of methoxy groups -OCH3 is 2. The Morgan fingerprint density at radius 3 is 2.50 bits per heavy atom. The number of aryl methyl sites for hydroxylation is 1. The normalized spacial score (nSPS) is 17.0. The second-order valence-electron chi connectivity index (χ2n) is 6.11. The third kappa shape index (κ3) is 2.96. The van der Waals surface area contributed by atoms with Crippen LogP contribution in [0.5, 0.6) is 11.5 Å². The Morgan fingerprint density at radius 1 is 1.08 bits per heavy atom. The summed E-state index contributed by atoms with van der Waals surface area (Å²) >= 11 is 0. The second-order valence-corrected chi connectivity index (χ2v) is 6.11. The second kappa shape index (κ2) is 6.95. The number of hydrogen-bond donors (Lipinski definition) is 0. The fraction of sp³-hybridized carbons (Fsp3) is 0.350. The highest BCUT2D eigenvalue weighted by Gasteiger charge is 2.32. The van der Waals surface area contributed by atoms with Gasteiger partial charge in [0, 0.05) is 6.54 Å². The van der Waals surface area contributed by atoms with Gasteiger partial charge in [0.15, 0.2) is 11.5 Å². The fourth-order valence-electron chi connectivity index (χ4n) is 3.36. The molecule has 3 rings (SSSR count). The maximum Gasteiger partial charge on any atom is 0.258 e. The van der Waals surface area contributed by atoms with Gasteiger partial charge in [-0.1, -0.05) is 35.9 Å². The summed E-state index contributed by atoms with van der Waals surface area (Å²) in [5, 5.41) is 0. The molecule has 1 saturated heterocycles. The third-order valence-corrected chi connectivity index (χ3v) is 4.61. The molecule has 0 aromatic heterocycles. The van der Waals surface area contributed by atoms with E-state index in [1.54, 1.807) is 26.4 Å². The molecule has 24 heavy (non-hydrogen) atoms. The molecule has 2 aromatic carbocycles. The van der Waals surface area contributed by atoms with E-state index in [9.17, 15) is 4.79 Å².